The van der Waals surface area contributed by atoms with Gasteiger partial charge >= 0.3 is 0 Å². The average molecular weight is 301 g/mol. The zero-order valence-electron chi connectivity index (χ0n) is 11.9. The molecule has 1 fully saturated rings. The van der Waals surface area contributed by atoms with Gasteiger partial charge in [0.1, 0.15) is 0 Å². The molecular formula is C17H19NO2S. The average Bonchev–Trinajstić information content (AvgIpc) is 3.02. The van der Waals surface area contributed by atoms with Gasteiger partial charge in [0.25, 0.3) is 0 Å². The summed E-state index contributed by atoms with van der Waals surface area (Å²) in [6.45, 7) is 1.97. The molecule has 2 heterocycles. The second-order valence-electron chi connectivity index (χ2n) is 5.26. The summed E-state index contributed by atoms with van der Waals surface area (Å²) in [5.74, 6) is 0.210. The molecular weight excluding hydrogens is 282 g/mol. The topological polar surface area (TPSA) is 29.5 Å². The number of carbonyl (C=O) groups excluding carboxylic acids is 1. The van der Waals surface area contributed by atoms with Crippen LogP contribution in [-0.4, -0.2) is 36.6 Å². The van der Waals surface area contributed by atoms with Crippen LogP contribution in [0.2, 0.25) is 0 Å². The van der Waals surface area contributed by atoms with E-state index in [-0.39, 0.29) is 11.9 Å². The summed E-state index contributed by atoms with van der Waals surface area (Å²) >= 11 is 1.64. The second-order valence-corrected chi connectivity index (χ2v) is 6.29. The van der Waals surface area contributed by atoms with E-state index < -0.39 is 0 Å². The van der Waals surface area contributed by atoms with Gasteiger partial charge in [0.15, 0.2) is 0 Å². The molecule has 0 N–H and O–H groups in total. The molecule has 1 saturated heterocycles. The monoisotopic (exact) mass is 301 g/mol. The van der Waals surface area contributed by atoms with E-state index >= 15 is 0 Å². The van der Waals surface area contributed by atoms with E-state index in [9.17, 15) is 4.79 Å². The van der Waals surface area contributed by atoms with Crippen molar-refractivity contribution in [1.82, 2.24) is 4.90 Å². The number of carbonyl (C=O) groups is 1. The molecule has 3 nitrogen and oxygen atoms in total. The molecule has 1 aliphatic rings. The Morgan fingerprint density at radius 2 is 2.10 bits per heavy atom. The molecule has 1 aliphatic heterocycles. The highest BCUT2D eigenvalue weighted by Crippen LogP contribution is 2.17. The number of rotatable bonds is 4. The molecule has 1 aromatic carbocycles. The minimum atomic E-state index is 0.147. The van der Waals surface area contributed by atoms with Gasteiger partial charge in [0, 0.05) is 11.4 Å². The molecule has 1 atom stereocenters. The lowest BCUT2D eigenvalue weighted by Gasteiger charge is -2.35. The first-order valence-electron chi connectivity index (χ1n) is 7.26. The van der Waals surface area contributed by atoms with Crippen molar-refractivity contribution in [3.63, 3.8) is 0 Å². The molecule has 0 aliphatic carbocycles. The first-order valence-corrected chi connectivity index (χ1v) is 8.14. The Hall–Kier alpha value is -1.65. The number of benzene rings is 1. The molecule has 0 radical (unpaired) electrons. The van der Waals surface area contributed by atoms with Crippen molar-refractivity contribution in [2.24, 2.45) is 0 Å². The quantitative estimate of drug-likeness (QED) is 0.869. The lowest BCUT2D eigenvalue weighted by molar-refractivity contribution is -0.139. The molecule has 0 bridgehead atoms. The summed E-state index contributed by atoms with van der Waals surface area (Å²) in [4.78, 5) is 15.7. The highest BCUT2D eigenvalue weighted by Gasteiger charge is 2.27. The normalized spacial score (nSPS) is 18.7. The van der Waals surface area contributed by atoms with Crippen molar-refractivity contribution in [2.45, 2.75) is 18.9 Å². The number of thiophene rings is 1. The third-order valence-corrected chi connectivity index (χ3v) is 4.64. The van der Waals surface area contributed by atoms with Gasteiger partial charge in [-0.15, -0.1) is 11.3 Å². The molecule has 0 spiro atoms. The molecule has 0 saturated carbocycles. The van der Waals surface area contributed by atoms with Crippen LogP contribution in [0.25, 0.3) is 0 Å². The number of morpholine rings is 1. The Labute approximate surface area is 129 Å². The predicted molar refractivity (Wildman–Crippen MR) is 84.5 cm³/mol. The number of hydrogen-bond donors (Lipinski definition) is 0. The summed E-state index contributed by atoms with van der Waals surface area (Å²) in [6, 6.07) is 14.5. The van der Waals surface area contributed by atoms with Gasteiger partial charge < -0.3 is 9.64 Å². The van der Waals surface area contributed by atoms with Gasteiger partial charge in [-0.2, -0.15) is 0 Å². The number of ether oxygens (including phenoxy) is 1. The molecule has 1 unspecified atom stereocenters. The van der Waals surface area contributed by atoms with E-state index in [2.05, 4.69) is 12.1 Å². The Morgan fingerprint density at radius 3 is 2.86 bits per heavy atom. The number of amides is 1. The van der Waals surface area contributed by atoms with Gasteiger partial charge in [-0.3, -0.25) is 4.79 Å². The Kier molecular flexibility index (Phi) is 4.68. The zero-order valence-corrected chi connectivity index (χ0v) is 12.7. The van der Waals surface area contributed by atoms with Crippen LogP contribution >= 0.6 is 11.3 Å². The fourth-order valence-corrected chi connectivity index (χ4v) is 3.40. The van der Waals surface area contributed by atoms with Crippen LogP contribution in [-0.2, 0) is 22.4 Å². The van der Waals surface area contributed by atoms with Crippen LogP contribution in [0.4, 0.5) is 0 Å². The maximum atomic E-state index is 12.5. The molecule has 3 rings (SSSR count). The molecule has 2 aromatic rings. The van der Waals surface area contributed by atoms with Crippen molar-refractivity contribution in [2.75, 3.05) is 19.8 Å². The van der Waals surface area contributed by atoms with Gasteiger partial charge in [-0.1, -0.05) is 36.4 Å². The summed E-state index contributed by atoms with van der Waals surface area (Å²) in [5, 5.41) is 2.02. The Balaban J connectivity index is 1.67. The second kappa shape index (κ2) is 6.87. The van der Waals surface area contributed by atoms with E-state index in [4.69, 9.17) is 4.74 Å². The zero-order chi connectivity index (χ0) is 14.5. The lowest BCUT2D eigenvalue weighted by atomic mass is 10.0. The van der Waals surface area contributed by atoms with Crippen molar-refractivity contribution in [1.29, 1.82) is 0 Å². The predicted octanol–water partition coefficient (Wildman–Crippen LogP) is 2.76. The highest BCUT2D eigenvalue weighted by molar-refractivity contribution is 7.10. The van der Waals surface area contributed by atoms with Crippen LogP contribution in [0.3, 0.4) is 0 Å². The van der Waals surface area contributed by atoms with Crippen molar-refractivity contribution in [3.8, 4) is 0 Å². The molecule has 1 aromatic heterocycles. The number of hydrogen-bond acceptors (Lipinski definition) is 3. The van der Waals surface area contributed by atoms with Crippen LogP contribution in [0, 0.1) is 0 Å². The van der Waals surface area contributed by atoms with Crippen LogP contribution in [0.5, 0.6) is 0 Å². The van der Waals surface area contributed by atoms with Crippen molar-refractivity contribution >= 4 is 17.2 Å². The van der Waals surface area contributed by atoms with Crippen LogP contribution < -0.4 is 0 Å². The summed E-state index contributed by atoms with van der Waals surface area (Å²) in [7, 11) is 0. The van der Waals surface area contributed by atoms with Gasteiger partial charge in [0.2, 0.25) is 5.91 Å². The van der Waals surface area contributed by atoms with E-state index in [0.717, 1.165) is 11.3 Å². The maximum absolute atomic E-state index is 12.5. The van der Waals surface area contributed by atoms with Gasteiger partial charge in [-0.05, 0) is 23.4 Å². The maximum Gasteiger partial charge on any atom is 0.228 e. The lowest BCUT2D eigenvalue weighted by Crippen LogP contribution is -2.50. The van der Waals surface area contributed by atoms with E-state index in [0.29, 0.717) is 26.2 Å². The smallest absolute Gasteiger partial charge is 0.228 e. The van der Waals surface area contributed by atoms with Crippen molar-refractivity contribution < 1.29 is 9.53 Å². The van der Waals surface area contributed by atoms with Crippen LogP contribution in [0.15, 0.2) is 47.8 Å². The first kappa shape index (κ1) is 14.3. The molecule has 1 amide bonds. The summed E-state index contributed by atoms with van der Waals surface area (Å²) in [5.41, 5.74) is 1.25. The van der Waals surface area contributed by atoms with Gasteiger partial charge in [0.05, 0.1) is 25.7 Å². The third-order valence-electron chi connectivity index (χ3n) is 3.77. The fourth-order valence-electron chi connectivity index (χ4n) is 2.70. The SMILES string of the molecule is O=C(Cc1cccs1)N1CCOCC1Cc1ccccc1. The number of nitrogens with zero attached hydrogens (tertiary/aromatic N) is 1. The van der Waals surface area contributed by atoms with Crippen LogP contribution in [0.1, 0.15) is 10.4 Å². The first-order chi connectivity index (χ1) is 10.3. The third kappa shape index (κ3) is 3.71. The van der Waals surface area contributed by atoms with Gasteiger partial charge in [-0.25, -0.2) is 0 Å². The Bertz CT molecular complexity index is 568. The van der Waals surface area contributed by atoms with E-state index in [1.807, 2.05) is 40.6 Å². The fraction of sp³-hybridized carbons (Fsp3) is 0.353. The summed E-state index contributed by atoms with van der Waals surface area (Å²) < 4.78 is 5.58. The Morgan fingerprint density at radius 1 is 1.24 bits per heavy atom. The van der Waals surface area contributed by atoms with E-state index in [1.165, 1.54) is 5.56 Å². The minimum absolute atomic E-state index is 0.147. The largest absolute Gasteiger partial charge is 0.377 e. The van der Waals surface area contributed by atoms with E-state index in [1.54, 1.807) is 11.3 Å². The minimum Gasteiger partial charge on any atom is -0.377 e. The molecule has 4 heteroatoms. The molecule has 110 valence electrons. The highest BCUT2D eigenvalue weighted by atomic mass is 32.1. The van der Waals surface area contributed by atoms with Crippen molar-refractivity contribution in [3.05, 3.63) is 58.3 Å². The summed E-state index contributed by atoms with van der Waals surface area (Å²) in [6.07, 6.45) is 1.36. The molecule has 21 heavy (non-hydrogen) atoms. The standard InChI is InChI=1S/C17H19NO2S/c19-17(12-16-7-4-10-21-16)18-8-9-20-13-15(18)11-14-5-2-1-3-6-14/h1-7,10,15H,8-9,11-13H2.